The second kappa shape index (κ2) is 2.22. The van der Waals surface area contributed by atoms with Crippen LogP contribution in [0.4, 0.5) is 11.8 Å². The van der Waals surface area contributed by atoms with Crippen molar-refractivity contribution in [1.29, 1.82) is 0 Å². The van der Waals surface area contributed by atoms with E-state index in [4.69, 9.17) is 11.5 Å². The Kier molecular flexibility index (Phi) is 1.54. The molecule has 5 N–H and O–H groups in total. The van der Waals surface area contributed by atoms with Gasteiger partial charge in [-0.25, -0.2) is 0 Å². The summed E-state index contributed by atoms with van der Waals surface area (Å²) in [6.45, 7) is 0. The van der Waals surface area contributed by atoms with Crippen LogP contribution in [0.2, 0.25) is 0 Å². The number of nitrogen functional groups attached to an aromatic ring is 2. The summed E-state index contributed by atoms with van der Waals surface area (Å²) in [6.07, 6.45) is 0. The van der Waals surface area contributed by atoms with E-state index < -0.39 is 5.56 Å². The lowest BCUT2D eigenvalue weighted by Gasteiger charge is -1.96. The van der Waals surface area contributed by atoms with Gasteiger partial charge in [-0.15, -0.1) is 12.6 Å². The zero-order valence-electron chi connectivity index (χ0n) is 4.96. The van der Waals surface area contributed by atoms with E-state index in [1.54, 1.807) is 0 Å². The highest BCUT2D eigenvalue weighted by atomic mass is 32.1. The number of nitrogens with two attached hydrogens (primary N) is 2. The number of anilines is 2. The van der Waals surface area contributed by atoms with E-state index in [9.17, 15) is 4.79 Å². The molecule has 0 amide bonds. The molecule has 1 heterocycles. The molecule has 0 aliphatic rings. The zero-order chi connectivity index (χ0) is 7.72. The first-order valence-electron chi connectivity index (χ1n) is 2.45. The molecule has 6 heteroatoms. The number of hydrogen-bond donors (Lipinski definition) is 4. The van der Waals surface area contributed by atoms with Gasteiger partial charge in [-0.2, -0.15) is 4.98 Å². The minimum absolute atomic E-state index is 0.000278. The summed E-state index contributed by atoms with van der Waals surface area (Å²) >= 11 is 3.77. The van der Waals surface area contributed by atoms with Gasteiger partial charge in [0.25, 0.3) is 5.56 Å². The summed E-state index contributed by atoms with van der Waals surface area (Å²) in [4.78, 5) is 16.6. The molecule has 1 aromatic rings. The highest BCUT2D eigenvalue weighted by Crippen LogP contribution is 2.06. The van der Waals surface area contributed by atoms with Gasteiger partial charge in [0.05, 0.1) is 0 Å². The Morgan fingerprint density at radius 3 is 2.60 bits per heavy atom. The second-order valence-electron chi connectivity index (χ2n) is 1.69. The number of H-pyrrole nitrogens is 1. The van der Waals surface area contributed by atoms with Gasteiger partial charge < -0.3 is 11.5 Å². The summed E-state index contributed by atoms with van der Waals surface area (Å²) in [6, 6.07) is 0. The Balaban J connectivity index is 3.46. The molecule has 0 bridgehead atoms. The molecular weight excluding hydrogens is 152 g/mol. The first kappa shape index (κ1) is 6.94. The third kappa shape index (κ3) is 1.06. The lowest BCUT2D eigenvalue weighted by atomic mass is 10.6. The van der Waals surface area contributed by atoms with E-state index in [1.165, 1.54) is 0 Å². The summed E-state index contributed by atoms with van der Waals surface area (Å²) in [5.41, 5.74) is 9.96. The number of thiol groups is 1. The van der Waals surface area contributed by atoms with Crippen LogP contribution >= 0.6 is 12.6 Å². The molecule has 0 atom stereocenters. The summed E-state index contributed by atoms with van der Waals surface area (Å²) in [5.74, 6) is 0.0462. The number of aromatic amines is 1. The van der Waals surface area contributed by atoms with Gasteiger partial charge in [-0.05, 0) is 0 Å². The summed E-state index contributed by atoms with van der Waals surface area (Å²) in [7, 11) is 0. The molecule has 10 heavy (non-hydrogen) atoms. The molecule has 0 radical (unpaired) electrons. The monoisotopic (exact) mass is 158 g/mol. The average molecular weight is 158 g/mol. The van der Waals surface area contributed by atoms with E-state index >= 15 is 0 Å². The largest absolute Gasteiger partial charge is 0.382 e. The first-order chi connectivity index (χ1) is 4.61. The molecule has 0 saturated heterocycles. The quantitative estimate of drug-likeness (QED) is 0.372. The molecule has 1 aromatic heterocycles. The van der Waals surface area contributed by atoms with Crippen LogP contribution in [0.25, 0.3) is 0 Å². The molecule has 54 valence electrons. The van der Waals surface area contributed by atoms with Crippen LogP contribution < -0.4 is 17.0 Å². The minimum atomic E-state index is -0.423. The summed E-state index contributed by atoms with van der Waals surface area (Å²) in [5, 5.41) is 0. The molecule has 5 nitrogen and oxygen atoms in total. The fourth-order valence-electron chi connectivity index (χ4n) is 0.503. The van der Waals surface area contributed by atoms with Crippen LogP contribution in [-0.4, -0.2) is 9.97 Å². The Hall–Kier alpha value is -1.17. The van der Waals surface area contributed by atoms with Crippen molar-refractivity contribution in [2.45, 2.75) is 4.90 Å². The Labute approximate surface area is 61.9 Å². The minimum Gasteiger partial charge on any atom is -0.382 e. The van der Waals surface area contributed by atoms with E-state index in [0.717, 1.165) is 0 Å². The maximum atomic E-state index is 10.7. The van der Waals surface area contributed by atoms with Crippen molar-refractivity contribution < 1.29 is 0 Å². The van der Waals surface area contributed by atoms with Gasteiger partial charge in [0.2, 0.25) is 5.95 Å². The lowest BCUT2D eigenvalue weighted by Crippen LogP contribution is -2.14. The number of nitrogens with zero attached hydrogens (tertiary/aromatic N) is 1. The van der Waals surface area contributed by atoms with E-state index in [0.29, 0.717) is 0 Å². The SMILES string of the molecule is Nc1nc(N)c(S)c(=O)[nH]1. The maximum Gasteiger partial charge on any atom is 0.267 e. The summed E-state index contributed by atoms with van der Waals surface area (Å²) < 4.78 is 0. The molecule has 0 aromatic carbocycles. The van der Waals surface area contributed by atoms with Gasteiger partial charge in [0.15, 0.2) is 0 Å². The van der Waals surface area contributed by atoms with Crippen molar-refractivity contribution in [3.05, 3.63) is 10.4 Å². The van der Waals surface area contributed by atoms with E-state index in [2.05, 4.69) is 22.6 Å². The van der Waals surface area contributed by atoms with Gasteiger partial charge in [0, 0.05) is 0 Å². The predicted molar refractivity (Wildman–Crippen MR) is 40.9 cm³/mol. The van der Waals surface area contributed by atoms with Crippen molar-refractivity contribution >= 4 is 24.4 Å². The van der Waals surface area contributed by atoms with E-state index in [1.807, 2.05) is 0 Å². The number of aromatic nitrogens is 2. The van der Waals surface area contributed by atoms with Gasteiger partial charge in [0.1, 0.15) is 10.7 Å². The maximum absolute atomic E-state index is 10.7. The van der Waals surface area contributed by atoms with Crippen LogP contribution in [0, 0.1) is 0 Å². The smallest absolute Gasteiger partial charge is 0.267 e. The average Bonchev–Trinajstić information content (AvgIpc) is 1.82. The predicted octanol–water partition coefficient (Wildman–Crippen LogP) is -0.777. The molecular formula is C4H6N4OS. The molecule has 1 rings (SSSR count). The Morgan fingerprint density at radius 2 is 2.10 bits per heavy atom. The Bertz CT molecular complexity index is 307. The highest BCUT2D eigenvalue weighted by molar-refractivity contribution is 7.80. The Morgan fingerprint density at radius 1 is 1.50 bits per heavy atom. The van der Waals surface area contributed by atoms with Crippen molar-refractivity contribution in [2.75, 3.05) is 11.5 Å². The molecule has 0 saturated carbocycles. The standard InChI is InChI=1S/C4H6N4OS/c5-2-1(10)3(9)8-4(6)7-2/h10H,(H5,5,6,7,8,9). The topological polar surface area (TPSA) is 97.8 Å². The first-order valence-corrected chi connectivity index (χ1v) is 2.90. The lowest BCUT2D eigenvalue weighted by molar-refractivity contribution is 1.07. The van der Waals surface area contributed by atoms with Crippen LogP contribution in [0.1, 0.15) is 0 Å². The van der Waals surface area contributed by atoms with Gasteiger partial charge in [-0.3, -0.25) is 9.78 Å². The normalized spacial score (nSPS) is 9.70. The fraction of sp³-hybridized carbons (Fsp3) is 0. The van der Waals surface area contributed by atoms with Crippen molar-refractivity contribution in [2.24, 2.45) is 0 Å². The fourth-order valence-corrected chi connectivity index (χ4v) is 0.608. The van der Waals surface area contributed by atoms with Gasteiger partial charge >= 0.3 is 0 Å². The molecule has 0 spiro atoms. The van der Waals surface area contributed by atoms with Gasteiger partial charge in [-0.1, -0.05) is 0 Å². The number of hydrogen-bond acceptors (Lipinski definition) is 5. The van der Waals surface area contributed by atoms with Crippen molar-refractivity contribution in [3.8, 4) is 0 Å². The number of rotatable bonds is 0. The molecule has 0 unspecified atom stereocenters. The van der Waals surface area contributed by atoms with Crippen LogP contribution in [-0.2, 0) is 0 Å². The van der Waals surface area contributed by atoms with E-state index in [-0.39, 0.29) is 16.7 Å². The third-order valence-corrected chi connectivity index (χ3v) is 1.37. The zero-order valence-corrected chi connectivity index (χ0v) is 5.85. The van der Waals surface area contributed by atoms with Crippen LogP contribution in [0.15, 0.2) is 9.69 Å². The van der Waals surface area contributed by atoms with Crippen LogP contribution in [0.3, 0.4) is 0 Å². The third-order valence-electron chi connectivity index (χ3n) is 0.940. The molecule has 0 aliphatic carbocycles. The molecule has 0 aliphatic heterocycles. The number of nitrogens with one attached hydrogen (secondary N) is 1. The second-order valence-corrected chi connectivity index (χ2v) is 2.13. The van der Waals surface area contributed by atoms with Crippen molar-refractivity contribution in [1.82, 2.24) is 9.97 Å². The van der Waals surface area contributed by atoms with Crippen LogP contribution in [0.5, 0.6) is 0 Å². The molecule has 0 fully saturated rings. The van der Waals surface area contributed by atoms with Crippen molar-refractivity contribution in [3.63, 3.8) is 0 Å². The highest BCUT2D eigenvalue weighted by Gasteiger charge is 2.00.